The molecule has 1 N–H and O–H groups in total. The molecule has 2 aromatic carbocycles. The summed E-state index contributed by atoms with van der Waals surface area (Å²) in [7, 11) is 0. The molecule has 2 rings (SSSR count). The van der Waals surface area contributed by atoms with Crippen LogP contribution in [0, 0.1) is 27.3 Å². The molecule has 106 valence electrons. The van der Waals surface area contributed by atoms with E-state index in [1.165, 1.54) is 18.2 Å². The van der Waals surface area contributed by atoms with Gasteiger partial charge in [-0.2, -0.15) is 5.26 Å². The highest BCUT2D eigenvalue weighted by atomic mass is 19.1. The van der Waals surface area contributed by atoms with E-state index in [9.17, 15) is 14.5 Å². The van der Waals surface area contributed by atoms with Crippen molar-refractivity contribution in [2.45, 2.75) is 13.0 Å². The smallest absolute Gasteiger partial charge is 0.309 e. The monoisotopic (exact) mass is 285 g/mol. The Hall–Kier alpha value is -2.94. The zero-order valence-electron chi connectivity index (χ0n) is 11.2. The van der Waals surface area contributed by atoms with E-state index in [1.807, 2.05) is 0 Å². The normalized spacial score (nSPS) is 11.5. The second kappa shape index (κ2) is 6.01. The highest BCUT2D eigenvalue weighted by Crippen LogP contribution is 2.31. The van der Waals surface area contributed by atoms with Crippen molar-refractivity contribution in [2.75, 3.05) is 5.32 Å². The van der Waals surface area contributed by atoms with Gasteiger partial charge in [0.25, 0.3) is 0 Å². The molecule has 0 aliphatic heterocycles. The molecule has 1 atom stereocenters. The average molecular weight is 285 g/mol. The van der Waals surface area contributed by atoms with E-state index in [0.29, 0.717) is 5.56 Å². The summed E-state index contributed by atoms with van der Waals surface area (Å²) >= 11 is 0. The molecule has 0 bridgehead atoms. The van der Waals surface area contributed by atoms with Crippen LogP contribution in [0.25, 0.3) is 0 Å². The highest BCUT2D eigenvalue weighted by molar-refractivity contribution is 5.69. The number of halogens is 1. The summed E-state index contributed by atoms with van der Waals surface area (Å²) in [5, 5.41) is 23.0. The van der Waals surface area contributed by atoms with Crippen LogP contribution in [0.5, 0.6) is 0 Å². The van der Waals surface area contributed by atoms with Crippen molar-refractivity contribution in [2.24, 2.45) is 0 Å². The maximum absolute atomic E-state index is 13.7. The van der Waals surface area contributed by atoms with E-state index in [2.05, 4.69) is 5.32 Å². The molecule has 0 spiro atoms. The van der Waals surface area contributed by atoms with Crippen molar-refractivity contribution in [3.05, 3.63) is 69.5 Å². The van der Waals surface area contributed by atoms with E-state index in [1.54, 1.807) is 37.3 Å². The lowest BCUT2D eigenvalue weighted by Crippen LogP contribution is -2.10. The number of hydrogen-bond acceptors (Lipinski definition) is 4. The summed E-state index contributed by atoms with van der Waals surface area (Å²) in [4.78, 5) is 10.5. The molecule has 21 heavy (non-hydrogen) atoms. The van der Waals surface area contributed by atoms with Gasteiger partial charge in [0.15, 0.2) is 0 Å². The van der Waals surface area contributed by atoms with Gasteiger partial charge in [0.05, 0.1) is 11.0 Å². The second-order valence-corrected chi connectivity index (χ2v) is 4.46. The van der Waals surface area contributed by atoms with Gasteiger partial charge in [-0.3, -0.25) is 10.1 Å². The molecule has 0 saturated carbocycles. The van der Waals surface area contributed by atoms with Gasteiger partial charge >= 0.3 is 5.69 Å². The number of nitrogens with zero attached hydrogens (tertiary/aromatic N) is 2. The van der Waals surface area contributed by atoms with E-state index >= 15 is 0 Å². The lowest BCUT2D eigenvalue weighted by atomic mass is 10.1. The Kier molecular flexibility index (Phi) is 4.14. The van der Waals surface area contributed by atoms with Gasteiger partial charge in [-0.15, -0.1) is 0 Å². The quantitative estimate of drug-likeness (QED) is 0.685. The number of nitro groups is 1. The van der Waals surface area contributed by atoms with Crippen LogP contribution in [0.2, 0.25) is 0 Å². The van der Waals surface area contributed by atoms with Gasteiger partial charge in [-0.1, -0.05) is 24.3 Å². The molecule has 2 aromatic rings. The van der Waals surface area contributed by atoms with E-state index < -0.39 is 16.8 Å². The summed E-state index contributed by atoms with van der Waals surface area (Å²) in [5.74, 6) is -0.392. The van der Waals surface area contributed by atoms with E-state index in [4.69, 9.17) is 5.26 Å². The predicted octanol–water partition coefficient (Wildman–Crippen LogP) is 3.78. The standard InChI is InChI=1S/C15H12FN3O2/c1-10(12-6-2-3-7-13(12)16)18-14-8-4-5-11(9-17)15(14)19(20)21/h2-8,10,18H,1H3. The van der Waals surface area contributed by atoms with Gasteiger partial charge < -0.3 is 5.32 Å². The topological polar surface area (TPSA) is 79.0 Å². The van der Waals surface area contributed by atoms with Crippen molar-refractivity contribution >= 4 is 11.4 Å². The number of benzene rings is 2. The molecular weight excluding hydrogens is 273 g/mol. The Morgan fingerprint density at radius 1 is 1.29 bits per heavy atom. The van der Waals surface area contributed by atoms with Gasteiger partial charge in [0, 0.05) is 5.56 Å². The maximum atomic E-state index is 13.7. The number of nitrogens with one attached hydrogen (secondary N) is 1. The molecule has 0 radical (unpaired) electrons. The molecule has 0 fully saturated rings. The minimum absolute atomic E-state index is 0.0364. The van der Waals surface area contributed by atoms with E-state index in [0.717, 1.165) is 0 Å². The summed E-state index contributed by atoms with van der Waals surface area (Å²) < 4.78 is 13.7. The molecule has 6 heteroatoms. The summed E-state index contributed by atoms with van der Waals surface area (Å²) in [6.07, 6.45) is 0. The van der Waals surface area contributed by atoms with Gasteiger partial charge in [0.1, 0.15) is 23.1 Å². The van der Waals surface area contributed by atoms with Crippen LogP contribution in [-0.4, -0.2) is 4.92 Å². The molecule has 0 aliphatic carbocycles. The Labute approximate surface area is 120 Å². The minimum Gasteiger partial charge on any atom is -0.373 e. The third kappa shape index (κ3) is 2.98. The van der Waals surface area contributed by atoms with Crippen molar-refractivity contribution < 1.29 is 9.31 Å². The Balaban J connectivity index is 2.39. The number of nitriles is 1. The molecule has 1 unspecified atom stereocenters. The fourth-order valence-corrected chi connectivity index (χ4v) is 2.08. The molecule has 0 heterocycles. The maximum Gasteiger partial charge on any atom is 0.309 e. The largest absolute Gasteiger partial charge is 0.373 e. The van der Waals surface area contributed by atoms with Crippen LogP contribution < -0.4 is 5.32 Å². The Morgan fingerprint density at radius 3 is 2.62 bits per heavy atom. The fraction of sp³-hybridized carbons (Fsp3) is 0.133. The number of nitro benzene ring substituents is 1. The van der Waals surface area contributed by atoms with Gasteiger partial charge in [-0.05, 0) is 25.1 Å². The molecule has 0 amide bonds. The van der Waals surface area contributed by atoms with Gasteiger partial charge in [0.2, 0.25) is 0 Å². The van der Waals surface area contributed by atoms with Crippen LogP contribution in [0.1, 0.15) is 24.1 Å². The van der Waals surface area contributed by atoms with Crippen LogP contribution in [0.4, 0.5) is 15.8 Å². The minimum atomic E-state index is -0.616. The SMILES string of the molecule is CC(Nc1cccc(C#N)c1[N+](=O)[O-])c1ccccc1F. The van der Waals surface area contributed by atoms with Crippen LogP contribution >= 0.6 is 0 Å². The first-order valence-electron chi connectivity index (χ1n) is 6.23. The van der Waals surface area contributed by atoms with E-state index in [-0.39, 0.29) is 16.9 Å². The van der Waals surface area contributed by atoms with Crippen molar-refractivity contribution in [1.82, 2.24) is 0 Å². The first-order chi connectivity index (χ1) is 10.0. The zero-order valence-corrected chi connectivity index (χ0v) is 11.2. The van der Waals surface area contributed by atoms with Crippen LogP contribution in [0.3, 0.4) is 0 Å². The molecular formula is C15H12FN3O2. The highest BCUT2D eigenvalue weighted by Gasteiger charge is 2.21. The number of hydrogen-bond donors (Lipinski definition) is 1. The zero-order chi connectivity index (χ0) is 15.4. The van der Waals surface area contributed by atoms with Crippen molar-refractivity contribution in [3.8, 4) is 6.07 Å². The third-order valence-electron chi connectivity index (χ3n) is 3.08. The van der Waals surface area contributed by atoms with Crippen LogP contribution in [-0.2, 0) is 0 Å². The van der Waals surface area contributed by atoms with Crippen molar-refractivity contribution in [3.63, 3.8) is 0 Å². The molecule has 5 nitrogen and oxygen atoms in total. The summed E-state index contributed by atoms with van der Waals surface area (Å²) in [6.45, 7) is 1.70. The fourth-order valence-electron chi connectivity index (χ4n) is 2.08. The number of rotatable bonds is 4. The lowest BCUT2D eigenvalue weighted by Gasteiger charge is -2.16. The number of para-hydroxylation sites is 1. The van der Waals surface area contributed by atoms with Crippen LogP contribution in [0.15, 0.2) is 42.5 Å². The predicted molar refractivity (Wildman–Crippen MR) is 76.2 cm³/mol. The Bertz CT molecular complexity index is 725. The average Bonchev–Trinajstić information content (AvgIpc) is 2.46. The summed E-state index contributed by atoms with van der Waals surface area (Å²) in [5.41, 5.74) is 0.248. The van der Waals surface area contributed by atoms with Crippen molar-refractivity contribution in [1.29, 1.82) is 5.26 Å². The molecule has 0 saturated heterocycles. The Morgan fingerprint density at radius 2 is 2.00 bits per heavy atom. The number of anilines is 1. The summed E-state index contributed by atoms with van der Waals surface area (Å²) in [6, 6.07) is 11.9. The first-order valence-corrected chi connectivity index (χ1v) is 6.23. The lowest BCUT2D eigenvalue weighted by molar-refractivity contribution is -0.384. The first kappa shape index (κ1) is 14.5. The third-order valence-corrected chi connectivity index (χ3v) is 3.08. The van der Waals surface area contributed by atoms with Gasteiger partial charge in [-0.25, -0.2) is 4.39 Å². The molecule has 0 aromatic heterocycles. The second-order valence-electron chi connectivity index (χ2n) is 4.46. The molecule has 0 aliphatic rings.